The number of hydrogen-bond acceptors (Lipinski definition) is 3. The molecule has 0 aromatic rings. The normalized spacial score (nSPS) is 28.3. The number of halogens is 1. The van der Waals surface area contributed by atoms with Crippen molar-refractivity contribution in [2.75, 3.05) is 25.1 Å². The van der Waals surface area contributed by atoms with E-state index in [1.807, 2.05) is 18.7 Å². The van der Waals surface area contributed by atoms with E-state index in [9.17, 15) is 0 Å². The zero-order chi connectivity index (χ0) is 11.1. The van der Waals surface area contributed by atoms with Gasteiger partial charge in [-0.2, -0.15) is 0 Å². The van der Waals surface area contributed by atoms with E-state index < -0.39 is 0 Å². The molecule has 0 bridgehead atoms. The summed E-state index contributed by atoms with van der Waals surface area (Å²) >= 11 is 5.34. The Kier molecular flexibility index (Phi) is 6.68. The third-order valence-corrected chi connectivity index (χ3v) is 4.70. The summed E-state index contributed by atoms with van der Waals surface area (Å²) in [5, 5.41) is 6.10. The van der Waals surface area contributed by atoms with Crippen molar-refractivity contribution in [2.45, 2.75) is 31.6 Å². The van der Waals surface area contributed by atoms with Gasteiger partial charge >= 0.3 is 0 Å². The smallest absolute Gasteiger partial charge is 0.157 e. The third kappa shape index (κ3) is 4.74. The lowest BCUT2D eigenvalue weighted by Crippen LogP contribution is -2.28. The van der Waals surface area contributed by atoms with Gasteiger partial charge in [0.2, 0.25) is 0 Å². The van der Waals surface area contributed by atoms with Crippen LogP contribution in [0.25, 0.3) is 0 Å². The molecule has 88 valence electrons. The predicted octanol–water partition coefficient (Wildman–Crippen LogP) is 2.26. The zero-order valence-electron chi connectivity index (χ0n) is 9.33. The molecule has 0 spiro atoms. The molecule has 1 aliphatic rings. The van der Waals surface area contributed by atoms with Crippen molar-refractivity contribution in [2.24, 2.45) is 4.99 Å². The minimum Gasteiger partial charge on any atom is -0.382 e. The van der Waals surface area contributed by atoms with Crippen molar-refractivity contribution >= 4 is 32.9 Å². The monoisotopic (exact) mass is 294 g/mol. The molecule has 1 aliphatic heterocycles. The number of hydrogen-bond donors (Lipinski definition) is 1. The quantitative estimate of drug-likeness (QED) is 0.603. The number of nitrogens with one attached hydrogen (secondary N) is 1. The Hall–Kier alpha value is 0.260. The van der Waals surface area contributed by atoms with Crippen molar-refractivity contribution in [1.29, 1.82) is 0 Å². The summed E-state index contributed by atoms with van der Waals surface area (Å²) in [5.74, 6) is 0. The van der Waals surface area contributed by atoms with E-state index >= 15 is 0 Å². The van der Waals surface area contributed by atoms with Crippen LogP contribution in [0.1, 0.15) is 20.3 Å². The number of aliphatic imine (C=N–C) groups is 1. The molecule has 0 amide bonds. The van der Waals surface area contributed by atoms with Crippen LogP contribution < -0.4 is 5.32 Å². The average molecular weight is 295 g/mol. The van der Waals surface area contributed by atoms with Gasteiger partial charge in [-0.25, -0.2) is 0 Å². The summed E-state index contributed by atoms with van der Waals surface area (Å²) < 4.78 is 5.26. The lowest BCUT2D eigenvalue weighted by atomic mass is 10.3. The van der Waals surface area contributed by atoms with Gasteiger partial charge in [0.05, 0.1) is 0 Å². The van der Waals surface area contributed by atoms with Crippen molar-refractivity contribution < 1.29 is 4.74 Å². The van der Waals surface area contributed by atoms with E-state index in [1.165, 1.54) is 0 Å². The molecule has 1 fully saturated rings. The maximum atomic E-state index is 5.26. The largest absolute Gasteiger partial charge is 0.382 e. The maximum absolute atomic E-state index is 5.26. The van der Waals surface area contributed by atoms with Crippen LogP contribution >= 0.6 is 27.7 Å². The Balaban J connectivity index is 2.18. The average Bonchev–Trinajstić information content (AvgIpc) is 2.59. The van der Waals surface area contributed by atoms with Crippen LogP contribution in [-0.4, -0.2) is 41.5 Å². The van der Waals surface area contributed by atoms with E-state index in [0.29, 0.717) is 11.3 Å². The number of alkyl halides is 1. The first-order valence-corrected chi connectivity index (χ1v) is 7.39. The fraction of sp³-hybridized carbons (Fsp3) is 0.900. The Labute approximate surface area is 105 Å². The van der Waals surface area contributed by atoms with Crippen molar-refractivity contribution in [3.63, 3.8) is 0 Å². The van der Waals surface area contributed by atoms with E-state index in [-0.39, 0.29) is 0 Å². The summed E-state index contributed by atoms with van der Waals surface area (Å²) in [5.41, 5.74) is 0. The topological polar surface area (TPSA) is 33.6 Å². The standard InChI is InChI=1S/C10H19BrN2OS/c1-3-14-6-4-5-12-10-13-8(2)9(7-11)15-10/h8-9H,3-7H2,1-2H3,(H,12,13). The molecule has 3 nitrogen and oxygen atoms in total. The molecular weight excluding hydrogens is 276 g/mol. The number of thioether (sulfide) groups is 1. The predicted molar refractivity (Wildman–Crippen MR) is 71.2 cm³/mol. The van der Waals surface area contributed by atoms with Crippen LogP contribution in [0.3, 0.4) is 0 Å². The van der Waals surface area contributed by atoms with Gasteiger partial charge < -0.3 is 10.1 Å². The van der Waals surface area contributed by atoms with Crippen LogP contribution in [0.4, 0.5) is 0 Å². The summed E-state index contributed by atoms with van der Waals surface area (Å²) in [6.45, 7) is 6.68. The number of ether oxygens (including phenoxy) is 1. The van der Waals surface area contributed by atoms with Gasteiger partial charge in [0.25, 0.3) is 0 Å². The van der Waals surface area contributed by atoms with Gasteiger partial charge in [-0.1, -0.05) is 27.7 Å². The van der Waals surface area contributed by atoms with Gasteiger partial charge in [-0.15, -0.1) is 0 Å². The van der Waals surface area contributed by atoms with E-state index in [1.54, 1.807) is 0 Å². The first-order chi connectivity index (χ1) is 7.27. The van der Waals surface area contributed by atoms with Crippen LogP contribution in [0.5, 0.6) is 0 Å². The molecule has 0 aromatic heterocycles. The van der Waals surface area contributed by atoms with Gasteiger partial charge in [0.1, 0.15) is 0 Å². The lowest BCUT2D eigenvalue weighted by molar-refractivity contribution is 0.146. The number of nitrogens with zero attached hydrogens (tertiary/aromatic N) is 1. The highest BCUT2D eigenvalue weighted by atomic mass is 79.9. The molecule has 2 unspecified atom stereocenters. The summed E-state index contributed by atoms with van der Waals surface area (Å²) in [7, 11) is 0. The fourth-order valence-corrected chi connectivity index (χ4v) is 3.31. The van der Waals surface area contributed by atoms with Gasteiger partial charge in [0, 0.05) is 36.4 Å². The van der Waals surface area contributed by atoms with Gasteiger partial charge in [0.15, 0.2) is 5.17 Å². The molecule has 2 atom stereocenters. The molecule has 1 saturated heterocycles. The van der Waals surface area contributed by atoms with Crippen LogP contribution in [0, 0.1) is 0 Å². The van der Waals surface area contributed by atoms with Crippen molar-refractivity contribution in [3.8, 4) is 0 Å². The molecule has 0 aliphatic carbocycles. The maximum Gasteiger partial charge on any atom is 0.157 e. The lowest BCUT2D eigenvalue weighted by Gasteiger charge is -2.07. The van der Waals surface area contributed by atoms with E-state index in [0.717, 1.165) is 36.7 Å². The molecule has 1 N–H and O–H groups in total. The molecule has 0 saturated carbocycles. The molecule has 0 radical (unpaired) electrons. The van der Waals surface area contributed by atoms with Gasteiger partial charge in [-0.3, -0.25) is 4.99 Å². The molecule has 15 heavy (non-hydrogen) atoms. The molecule has 1 rings (SSSR count). The number of amidine groups is 1. The van der Waals surface area contributed by atoms with Crippen LogP contribution in [-0.2, 0) is 4.74 Å². The highest BCUT2D eigenvalue weighted by Gasteiger charge is 2.26. The fourth-order valence-electron chi connectivity index (χ4n) is 1.31. The Morgan fingerprint density at radius 1 is 1.60 bits per heavy atom. The van der Waals surface area contributed by atoms with Gasteiger partial charge in [-0.05, 0) is 20.3 Å². The molecule has 1 heterocycles. The second-order valence-corrected chi connectivity index (χ2v) is 5.36. The molecule has 5 heteroatoms. The summed E-state index contributed by atoms with van der Waals surface area (Å²) in [6.07, 6.45) is 1.01. The highest BCUT2D eigenvalue weighted by molar-refractivity contribution is 9.09. The third-order valence-electron chi connectivity index (χ3n) is 2.23. The first-order valence-electron chi connectivity index (χ1n) is 5.39. The SMILES string of the molecule is CCOCCCN=C1NC(C)C(CBr)S1. The summed E-state index contributed by atoms with van der Waals surface area (Å²) in [4.78, 5) is 4.51. The van der Waals surface area contributed by atoms with Crippen molar-refractivity contribution in [3.05, 3.63) is 0 Å². The second kappa shape index (κ2) is 7.52. The minimum atomic E-state index is 0.514. The van der Waals surface area contributed by atoms with E-state index in [4.69, 9.17) is 4.74 Å². The first kappa shape index (κ1) is 13.3. The Bertz CT molecular complexity index is 214. The molecular formula is C10H19BrN2OS. The summed E-state index contributed by atoms with van der Waals surface area (Å²) in [6, 6.07) is 0.514. The highest BCUT2D eigenvalue weighted by Crippen LogP contribution is 2.24. The number of rotatable bonds is 6. The van der Waals surface area contributed by atoms with Crippen LogP contribution in [0.15, 0.2) is 4.99 Å². The van der Waals surface area contributed by atoms with Crippen molar-refractivity contribution in [1.82, 2.24) is 5.32 Å². The molecule has 0 aromatic carbocycles. The Morgan fingerprint density at radius 3 is 3.00 bits per heavy atom. The minimum absolute atomic E-state index is 0.514. The Morgan fingerprint density at radius 2 is 2.40 bits per heavy atom. The second-order valence-electron chi connectivity index (χ2n) is 3.48. The van der Waals surface area contributed by atoms with Crippen LogP contribution in [0.2, 0.25) is 0 Å². The van der Waals surface area contributed by atoms with E-state index in [2.05, 4.69) is 33.2 Å². The zero-order valence-corrected chi connectivity index (χ0v) is 11.7.